The Balaban J connectivity index is 1.11. The van der Waals surface area contributed by atoms with Crippen molar-refractivity contribution in [3.63, 3.8) is 0 Å². The van der Waals surface area contributed by atoms with Crippen LogP contribution in [-0.4, -0.2) is 48.7 Å². The third kappa shape index (κ3) is 10.5. The van der Waals surface area contributed by atoms with Gasteiger partial charge in [-0.05, 0) is 52.9 Å². The number of rotatable bonds is 16. The fourth-order valence-electron chi connectivity index (χ4n) is 4.10. The van der Waals surface area contributed by atoms with Crippen LogP contribution in [-0.2, 0) is 19.5 Å². The zero-order chi connectivity index (χ0) is 27.1. The summed E-state index contributed by atoms with van der Waals surface area (Å²) in [6.45, 7) is 2.84. The van der Waals surface area contributed by atoms with Gasteiger partial charge in [0, 0.05) is 26.2 Å². The first-order chi connectivity index (χ1) is 19.1. The second kappa shape index (κ2) is 15.7. The van der Waals surface area contributed by atoms with Crippen LogP contribution in [0.3, 0.4) is 0 Å². The summed E-state index contributed by atoms with van der Waals surface area (Å²) in [5.74, 6) is 1.47. The minimum atomic E-state index is -0.583. The zero-order valence-corrected chi connectivity index (χ0v) is 22.2. The Kier molecular flexibility index (Phi) is 11.4. The molecule has 0 spiro atoms. The molecule has 0 aliphatic carbocycles. The quantitative estimate of drug-likeness (QED) is 0.174. The molecule has 4 aromatic carbocycles. The molecule has 0 saturated carbocycles. The topological polar surface area (TPSA) is 83.0 Å². The SMILES string of the molecule is OC(CNCc1ccccc1)COc1ccc(Cc2ccc(OCC(O)CNCc3ccccc3)cc2)cc1. The summed E-state index contributed by atoms with van der Waals surface area (Å²) in [5, 5.41) is 26.9. The molecule has 204 valence electrons. The van der Waals surface area contributed by atoms with Gasteiger partial charge in [-0.2, -0.15) is 0 Å². The zero-order valence-electron chi connectivity index (χ0n) is 22.2. The van der Waals surface area contributed by atoms with Crippen LogP contribution < -0.4 is 20.1 Å². The van der Waals surface area contributed by atoms with Crippen LogP contribution in [0, 0.1) is 0 Å². The summed E-state index contributed by atoms with van der Waals surface area (Å²) in [6.07, 6.45) is -0.375. The van der Waals surface area contributed by atoms with E-state index in [2.05, 4.69) is 34.9 Å². The first kappa shape index (κ1) is 28.3. The fraction of sp³-hybridized carbons (Fsp3) is 0.273. The highest BCUT2D eigenvalue weighted by atomic mass is 16.5. The standard InChI is InChI=1S/C33H38N2O4/c36-30(22-34-20-28-7-3-1-4-8-28)24-38-32-15-11-26(12-16-32)19-27-13-17-33(18-14-27)39-25-31(37)23-35-21-29-9-5-2-6-10-29/h1-18,30-31,34-37H,19-25H2. The highest BCUT2D eigenvalue weighted by Gasteiger charge is 2.07. The number of nitrogens with one attached hydrogen (secondary N) is 2. The number of aliphatic hydroxyl groups excluding tert-OH is 2. The van der Waals surface area contributed by atoms with Crippen molar-refractivity contribution in [2.24, 2.45) is 0 Å². The maximum atomic E-state index is 10.2. The van der Waals surface area contributed by atoms with Crippen LogP contribution in [0.5, 0.6) is 11.5 Å². The number of hydrogen-bond donors (Lipinski definition) is 4. The molecule has 0 aliphatic rings. The van der Waals surface area contributed by atoms with Gasteiger partial charge < -0.3 is 30.3 Å². The summed E-state index contributed by atoms with van der Waals surface area (Å²) in [7, 11) is 0. The van der Waals surface area contributed by atoms with Crippen molar-refractivity contribution in [2.45, 2.75) is 31.7 Å². The molecule has 0 aromatic heterocycles. The van der Waals surface area contributed by atoms with E-state index < -0.39 is 12.2 Å². The minimum absolute atomic E-state index is 0.236. The van der Waals surface area contributed by atoms with E-state index in [0.717, 1.165) is 17.9 Å². The number of ether oxygens (including phenoxy) is 2. The summed E-state index contributed by atoms with van der Waals surface area (Å²) in [4.78, 5) is 0. The smallest absolute Gasteiger partial charge is 0.119 e. The summed E-state index contributed by atoms with van der Waals surface area (Å²) >= 11 is 0. The van der Waals surface area contributed by atoms with Gasteiger partial charge in [0.1, 0.15) is 36.9 Å². The Morgan fingerprint density at radius 1 is 0.487 bits per heavy atom. The van der Waals surface area contributed by atoms with Gasteiger partial charge in [0.05, 0.1) is 0 Å². The van der Waals surface area contributed by atoms with Gasteiger partial charge in [0.2, 0.25) is 0 Å². The number of benzene rings is 4. The molecule has 0 saturated heterocycles. The normalized spacial score (nSPS) is 12.6. The van der Waals surface area contributed by atoms with Gasteiger partial charge >= 0.3 is 0 Å². The molecule has 4 N–H and O–H groups in total. The van der Waals surface area contributed by atoms with Crippen LogP contribution in [0.2, 0.25) is 0 Å². The molecule has 4 rings (SSSR count). The van der Waals surface area contributed by atoms with Gasteiger partial charge in [-0.15, -0.1) is 0 Å². The van der Waals surface area contributed by atoms with Crippen molar-refractivity contribution < 1.29 is 19.7 Å². The van der Waals surface area contributed by atoms with E-state index in [4.69, 9.17) is 9.47 Å². The number of hydrogen-bond acceptors (Lipinski definition) is 6. The molecule has 0 aliphatic heterocycles. The Labute approximate surface area is 231 Å². The highest BCUT2D eigenvalue weighted by molar-refractivity contribution is 5.34. The van der Waals surface area contributed by atoms with Crippen LogP contribution in [0.1, 0.15) is 22.3 Å². The lowest BCUT2D eigenvalue weighted by Crippen LogP contribution is -2.31. The Hall–Kier alpha value is -3.68. The molecular weight excluding hydrogens is 488 g/mol. The van der Waals surface area contributed by atoms with Crippen molar-refractivity contribution in [2.75, 3.05) is 26.3 Å². The predicted molar refractivity (Wildman–Crippen MR) is 155 cm³/mol. The maximum absolute atomic E-state index is 10.2. The molecule has 0 bridgehead atoms. The van der Waals surface area contributed by atoms with E-state index in [9.17, 15) is 10.2 Å². The first-order valence-electron chi connectivity index (χ1n) is 13.4. The molecule has 0 radical (unpaired) electrons. The van der Waals surface area contributed by atoms with Crippen LogP contribution in [0.15, 0.2) is 109 Å². The van der Waals surface area contributed by atoms with E-state index in [1.807, 2.05) is 84.9 Å². The Bertz CT molecular complexity index is 1110. The second-order valence-electron chi connectivity index (χ2n) is 9.63. The average molecular weight is 527 g/mol. The van der Waals surface area contributed by atoms with Gasteiger partial charge in [0.15, 0.2) is 0 Å². The van der Waals surface area contributed by atoms with E-state index in [1.54, 1.807) is 0 Å². The molecule has 2 atom stereocenters. The molecule has 0 heterocycles. The van der Waals surface area contributed by atoms with E-state index in [-0.39, 0.29) is 13.2 Å². The van der Waals surface area contributed by atoms with E-state index >= 15 is 0 Å². The van der Waals surface area contributed by atoms with Crippen LogP contribution >= 0.6 is 0 Å². The van der Waals surface area contributed by atoms with Crippen molar-refractivity contribution >= 4 is 0 Å². The van der Waals surface area contributed by atoms with Gasteiger partial charge in [-0.3, -0.25) is 0 Å². The maximum Gasteiger partial charge on any atom is 0.119 e. The second-order valence-corrected chi connectivity index (χ2v) is 9.63. The fourth-order valence-corrected chi connectivity index (χ4v) is 4.10. The predicted octanol–water partition coefficient (Wildman–Crippen LogP) is 4.34. The molecule has 6 heteroatoms. The molecule has 2 unspecified atom stereocenters. The largest absolute Gasteiger partial charge is 0.491 e. The Morgan fingerprint density at radius 3 is 1.26 bits per heavy atom. The van der Waals surface area contributed by atoms with Crippen molar-refractivity contribution in [1.29, 1.82) is 0 Å². The van der Waals surface area contributed by atoms with Crippen molar-refractivity contribution in [1.82, 2.24) is 10.6 Å². The first-order valence-corrected chi connectivity index (χ1v) is 13.4. The molecule has 4 aromatic rings. The summed E-state index contributed by atoms with van der Waals surface area (Å²) in [5.41, 5.74) is 4.71. The molecule has 39 heavy (non-hydrogen) atoms. The monoisotopic (exact) mass is 526 g/mol. The lowest BCUT2D eigenvalue weighted by Gasteiger charge is -2.14. The summed E-state index contributed by atoms with van der Waals surface area (Å²) in [6, 6.07) is 36.1. The van der Waals surface area contributed by atoms with Crippen molar-refractivity contribution in [3.8, 4) is 11.5 Å². The minimum Gasteiger partial charge on any atom is -0.491 e. The molecule has 6 nitrogen and oxygen atoms in total. The van der Waals surface area contributed by atoms with Gasteiger partial charge in [-0.25, -0.2) is 0 Å². The van der Waals surface area contributed by atoms with Crippen LogP contribution in [0.4, 0.5) is 0 Å². The lowest BCUT2D eigenvalue weighted by molar-refractivity contribution is 0.106. The highest BCUT2D eigenvalue weighted by Crippen LogP contribution is 2.18. The molecular formula is C33H38N2O4. The van der Waals surface area contributed by atoms with E-state index in [1.165, 1.54) is 22.3 Å². The average Bonchev–Trinajstić information content (AvgIpc) is 2.97. The molecule has 0 amide bonds. The number of aliphatic hydroxyl groups is 2. The lowest BCUT2D eigenvalue weighted by atomic mass is 10.0. The molecule has 0 fully saturated rings. The third-order valence-corrected chi connectivity index (χ3v) is 6.24. The van der Waals surface area contributed by atoms with Crippen LogP contribution in [0.25, 0.3) is 0 Å². The third-order valence-electron chi connectivity index (χ3n) is 6.24. The van der Waals surface area contributed by atoms with Gasteiger partial charge in [0.25, 0.3) is 0 Å². The Morgan fingerprint density at radius 2 is 0.872 bits per heavy atom. The van der Waals surface area contributed by atoms with Crippen molar-refractivity contribution in [3.05, 3.63) is 131 Å². The van der Waals surface area contributed by atoms with E-state index in [0.29, 0.717) is 26.2 Å². The summed E-state index contributed by atoms with van der Waals surface area (Å²) < 4.78 is 11.5. The van der Waals surface area contributed by atoms with Gasteiger partial charge in [-0.1, -0.05) is 84.9 Å².